The van der Waals surface area contributed by atoms with Gasteiger partial charge in [0.1, 0.15) is 0 Å². The first-order chi connectivity index (χ1) is 8.58. The zero-order chi connectivity index (χ0) is 12.6. The van der Waals surface area contributed by atoms with E-state index in [4.69, 9.17) is 0 Å². The molecule has 0 aromatic carbocycles. The molecule has 0 aromatic rings. The molecule has 4 heterocycles. The number of rotatable bonds is 0. The zero-order valence-electron chi connectivity index (χ0n) is 12.1. The largest absolute Gasteiger partial charge is 0.269 e. The van der Waals surface area contributed by atoms with Crippen molar-refractivity contribution in [3.8, 4) is 0 Å². The van der Waals surface area contributed by atoms with Crippen molar-refractivity contribution in [2.24, 2.45) is 0 Å². The van der Waals surface area contributed by atoms with Gasteiger partial charge in [0.05, 0.1) is 25.7 Å². The maximum Gasteiger partial charge on any atom is 0.0947 e. The van der Waals surface area contributed by atoms with Crippen LogP contribution in [0.15, 0.2) is 0 Å². The molecule has 2 unspecified atom stereocenters. The van der Waals surface area contributed by atoms with E-state index in [0.29, 0.717) is 12.3 Å². The van der Waals surface area contributed by atoms with Crippen LogP contribution in [-0.4, -0.2) is 69.4 Å². The van der Waals surface area contributed by atoms with E-state index in [0.717, 1.165) is 24.2 Å². The molecule has 0 radical (unpaired) electrons. The summed E-state index contributed by atoms with van der Waals surface area (Å²) in [4.78, 5) is 11.0. The third-order valence-corrected chi connectivity index (χ3v) is 5.91. The van der Waals surface area contributed by atoms with Crippen molar-refractivity contribution in [3.63, 3.8) is 0 Å². The van der Waals surface area contributed by atoms with Gasteiger partial charge in [-0.15, -0.1) is 0 Å². The molecular weight excluding hydrogens is 224 g/mol. The van der Waals surface area contributed by atoms with Gasteiger partial charge in [0.15, 0.2) is 0 Å². The molecule has 4 rings (SSSR count). The van der Waals surface area contributed by atoms with Crippen molar-refractivity contribution in [1.82, 2.24) is 19.6 Å². The fraction of sp³-hybridized carbons (Fsp3) is 1.00. The summed E-state index contributed by atoms with van der Waals surface area (Å²) in [6.45, 7) is 12.0. The van der Waals surface area contributed by atoms with Gasteiger partial charge in [-0.1, -0.05) is 0 Å². The molecular formula is C14H26N4. The van der Waals surface area contributed by atoms with Gasteiger partial charge in [-0.05, 0) is 40.5 Å². The Kier molecular flexibility index (Phi) is 2.39. The third kappa shape index (κ3) is 1.30. The highest BCUT2D eigenvalue weighted by molar-refractivity contribution is 5.08. The van der Waals surface area contributed by atoms with Crippen LogP contribution in [0.4, 0.5) is 0 Å². The Morgan fingerprint density at radius 1 is 0.556 bits per heavy atom. The smallest absolute Gasteiger partial charge is 0.0947 e. The molecule has 0 N–H and O–H groups in total. The van der Waals surface area contributed by atoms with Crippen LogP contribution in [0.25, 0.3) is 0 Å². The molecule has 4 nitrogen and oxygen atoms in total. The van der Waals surface area contributed by atoms with Gasteiger partial charge >= 0.3 is 0 Å². The highest BCUT2D eigenvalue weighted by atomic mass is 15.7. The Labute approximate surface area is 110 Å². The quantitative estimate of drug-likeness (QED) is 0.639. The third-order valence-electron chi connectivity index (χ3n) is 5.91. The van der Waals surface area contributed by atoms with Crippen molar-refractivity contribution < 1.29 is 0 Å². The van der Waals surface area contributed by atoms with Crippen molar-refractivity contribution in [3.05, 3.63) is 0 Å². The van der Waals surface area contributed by atoms with E-state index >= 15 is 0 Å². The van der Waals surface area contributed by atoms with E-state index < -0.39 is 0 Å². The Morgan fingerprint density at radius 2 is 0.833 bits per heavy atom. The van der Waals surface area contributed by atoms with Crippen LogP contribution in [0, 0.1) is 0 Å². The van der Waals surface area contributed by atoms with Crippen molar-refractivity contribution in [2.75, 3.05) is 13.3 Å². The van der Waals surface area contributed by atoms with Crippen molar-refractivity contribution in [1.29, 1.82) is 0 Å². The minimum Gasteiger partial charge on any atom is -0.269 e. The zero-order valence-corrected chi connectivity index (χ0v) is 12.1. The average Bonchev–Trinajstić information content (AvgIpc) is 2.84. The minimum absolute atomic E-state index is 0.661. The fourth-order valence-electron chi connectivity index (χ4n) is 4.91. The molecule has 4 saturated heterocycles. The lowest BCUT2D eigenvalue weighted by Gasteiger charge is -2.45. The fourth-order valence-corrected chi connectivity index (χ4v) is 4.91. The van der Waals surface area contributed by atoms with E-state index in [2.05, 4.69) is 47.3 Å². The molecule has 4 fully saturated rings. The summed E-state index contributed by atoms with van der Waals surface area (Å²) in [7, 11) is 0. The molecule has 6 atom stereocenters. The minimum atomic E-state index is 0.661. The van der Waals surface area contributed by atoms with E-state index in [9.17, 15) is 0 Å². The Morgan fingerprint density at radius 3 is 1.11 bits per heavy atom. The summed E-state index contributed by atoms with van der Waals surface area (Å²) in [6.07, 6.45) is 3.98. The molecule has 18 heavy (non-hydrogen) atoms. The maximum absolute atomic E-state index is 2.75. The Balaban J connectivity index is 1.74. The molecule has 4 heteroatoms. The van der Waals surface area contributed by atoms with Crippen LogP contribution in [0.2, 0.25) is 0 Å². The van der Waals surface area contributed by atoms with Gasteiger partial charge in [-0.2, -0.15) is 0 Å². The van der Waals surface area contributed by atoms with E-state index in [1.165, 1.54) is 26.2 Å². The molecule has 0 bridgehead atoms. The van der Waals surface area contributed by atoms with Crippen molar-refractivity contribution >= 4 is 0 Å². The second kappa shape index (κ2) is 3.69. The van der Waals surface area contributed by atoms with Gasteiger partial charge in [0, 0.05) is 24.2 Å². The lowest BCUT2D eigenvalue weighted by Crippen LogP contribution is -2.57. The molecule has 0 spiro atoms. The standard InChI is InChI=1S/C14H26N4/c1-9-5-10(2)17-8-18-12(4)6-11(3)16-7-15(9)13(17)14(16)18/h9-14H,5-8H2,1-4H3/t9-,10+,11+,12-,13?,14?. The first-order valence-electron chi connectivity index (χ1n) is 7.61. The van der Waals surface area contributed by atoms with Gasteiger partial charge in [-0.25, -0.2) is 0 Å². The van der Waals surface area contributed by atoms with Gasteiger partial charge in [-0.3, -0.25) is 19.6 Å². The van der Waals surface area contributed by atoms with Crippen LogP contribution in [-0.2, 0) is 0 Å². The van der Waals surface area contributed by atoms with Gasteiger partial charge in [0.25, 0.3) is 0 Å². The van der Waals surface area contributed by atoms with Crippen LogP contribution < -0.4 is 0 Å². The predicted molar refractivity (Wildman–Crippen MR) is 71.7 cm³/mol. The van der Waals surface area contributed by atoms with Crippen molar-refractivity contribution in [2.45, 2.75) is 77.0 Å². The Bertz CT molecular complexity index is 298. The monoisotopic (exact) mass is 250 g/mol. The number of hydrogen-bond acceptors (Lipinski definition) is 4. The maximum atomic E-state index is 2.75. The topological polar surface area (TPSA) is 13.0 Å². The van der Waals surface area contributed by atoms with E-state index in [1.54, 1.807) is 0 Å². The SMILES string of the molecule is C[C@@H]1C[C@H](C)N2CN3C4C2N1CN4[C@@H](C)C[C@H]3C. The van der Waals surface area contributed by atoms with Gasteiger partial charge in [0.2, 0.25) is 0 Å². The summed E-state index contributed by atoms with van der Waals surface area (Å²) >= 11 is 0. The summed E-state index contributed by atoms with van der Waals surface area (Å²) in [5, 5.41) is 0. The van der Waals surface area contributed by atoms with E-state index in [-0.39, 0.29) is 0 Å². The first-order valence-corrected chi connectivity index (χ1v) is 7.61. The van der Waals surface area contributed by atoms with Crippen LogP contribution in [0.1, 0.15) is 40.5 Å². The van der Waals surface area contributed by atoms with Crippen LogP contribution in [0.5, 0.6) is 0 Å². The summed E-state index contributed by atoms with van der Waals surface area (Å²) in [5.74, 6) is 0. The molecule has 0 saturated carbocycles. The number of nitrogens with zero attached hydrogens (tertiary/aromatic N) is 4. The Hall–Kier alpha value is -0.160. The highest BCUT2D eigenvalue weighted by Gasteiger charge is 2.59. The lowest BCUT2D eigenvalue weighted by molar-refractivity contribution is -0.0365. The molecule has 0 amide bonds. The average molecular weight is 250 g/mol. The summed E-state index contributed by atoms with van der Waals surface area (Å²) < 4.78 is 0. The molecule has 0 aromatic heterocycles. The van der Waals surface area contributed by atoms with E-state index in [1.807, 2.05) is 0 Å². The molecule has 0 aliphatic carbocycles. The van der Waals surface area contributed by atoms with Gasteiger partial charge < -0.3 is 0 Å². The summed E-state index contributed by atoms with van der Waals surface area (Å²) in [6, 6.07) is 2.98. The normalized spacial score (nSPS) is 54.0. The molecule has 102 valence electrons. The second-order valence-corrected chi connectivity index (χ2v) is 7.03. The highest BCUT2D eigenvalue weighted by Crippen LogP contribution is 2.44. The van der Waals surface area contributed by atoms with Crippen LogP contribution in [0.3, 0.4) is 0 Å². The van der Waals surface area contributed by atoms with Crippen LogP contribution >= 0.6 is 0 Å². The predicted octanol–water partition coefficient (Wildman–Crippen LogP) is 1.15. The lowest BCUT2D eigenvalue weighted by atomic mass is 10.0. The first kappa shape index (κ1) is 11.6. The molecule has 4 aliphatic rings. The second-order valence-electron chi connectivity index (χ2n) is 7.03. The number of hydrogen-bond donors (Lipinski definition) is 0. The molecule has 4 aliphatic heterocycles. The summed E-state index contributed by atoms with van der Waals surface area (Å²) in [5.41, 5.74) is 0.